The topological polar surface area (TPSA) is 87.3 Å². The quantitative estimate of drug-likeness (QED) is 0.523. The largest absolute Gasteiger partial charge is 0.324 e. The van der Waals surface area contributed by atoms with E-state index in [1.54, 1.807) is 48.5 Å². The molecule has 31 heavy (non-hydrogen) atoms. The van der Waals surface area contributed by atoms with Crippen LogP contribution in [0.25, 0.3) is 0 Å². The number of benzene rings is 3. The van der Waals surface area contributed by atoms with Crippen LogP contribution >= 0.6 is 11.8 Å². The summed E-state index contributed by atoms with van der Waals surface area (Å²) in [6, 6.07) is 17.5. The Morgan fingerprint density at radius 1 is 1.10 bits per heavy atom. The third-order valence-corrected chi connectivity index (χ3v) is 6.86. The van der Waals surface area contributed by atoms with Gasteiger partial charge in [-0.15, -0.1) is 11.8 Å². The fraction of sp³-hybridized carbons (Fsp3) is 0.0909. The zero-order valence-electron chi connectivity index (χ0n) is 16.3. The Morgan fingerprint density at radius 2 is 1.84 bits per heavy atom. The molecule has 0 spiro atoms. The van der Waals surface area contributed by atoms with Crippen LogP contribution in [-0.2, 0) is 15.8 Å². The second-order valence-corrected chi connectivity index (χ2v) is 9.39. The summed E-state index contributed by atoms with van der Waals surface area (Å²) < 4.78 is 28.7. The number of hydrogen-bond donors (Lipinski definition) is 3. The number of carbonyl (C=O) groups is 2. The van der Waals surface area contributed by atoms with Gasteiger partial charge in [0.1, 0.15) is 16.8 Å². The van der Waals surface area contributed by atoms with Crippen LogP contribution in [-0.4, -0.2) is 21.3 Å². The van der Waals surface area contributed by atoms with Gasteiger partial charge in [0.05, 0.1) is 21.5 Å². The van der Waals surface area contributed by atoms with Gasteiger partial charge in [0.25, 0.3) is 5.91 Å². The second kappa shape index (κ2) is 8.91. The van der Waals surface area contributed by atoms with Crippen LogP contribution in [0.3, 0.4) is 0 Å². The summed E-state index contributed by atoms with van der Waals surface area (Å²) in [6.07, 6.45) is 0. The van der Waals surface area contributed by atoms with Gasteiger partial charge in [-0.05, 0) is 61.5 Å². The highest BCUT2D eigenvalue weighted by Gasteiger charge is 2.23. The van der Waals surface area contributed by atoms with Crippen molar-refractivity contribution in [3.63, 3.8) is 0 Å². The smallest absolute Gasteiger partial charge is 0.255 e. The van der Waals surface area contributed by atoms with E-state index in [9.17, 15) is 18.2 Å². The number of nitrogens with one attached hydrogen (secondary N) is 3. The molecule has 0 aliphatic carbocycles. The molecule has 3 aromatic carbocycles. The molecule has 1 aliphatic rings. The van der Waals surface area contributed by atoms with Gasteiger partial charge in [0.2, 0.25) is 5.91 Å². The van der Waals surface area contributed by atoms with E-state index in [1.807, 2.05) is 13.0 Å². The van der Waals surface area contributed by atoms with Gasteiger partial charge in [-0.3, -0.25) is 14.3 Å². The number of anilines is 3. The summed E-state index contributed by atoms with van der Waals surface area (Å²) in [5.41, 5.74) is 1.68. The highest BCUT2D eigenvalue weighted by atomic mass is 32.2. The summed E-state index contributed by atoms with van der Waals surface area (Å²) in [5, 5.41) is 5.40. The average molecular weight is 456 g/mol. The number of rotatable bonds is 5. The molecule has 158 valence electrons. The molecule has 1 aliphatic heterocycles. The standard InChI is InChI=1S/C22H18FN3O3S2/c1-13-21(27)25-19-12-14(6-11-20(19)30-13)22(28)24-15-7-9-16(10-8-15)31(29)26-18-5-3-2-4-17(18)23/h2-13,26H,1H3,(H,24,28)(H,25,27)/t13-,31?/m1/s1. The number of para-hydroxylation sites is 1. The van der Waals surface area contributed by atoms with E-state index in [-0.39, 0.29) is 22.8 Å². The molecule has 3 aromatic rings. The Morgan fingerprint density at radius 3 is 2.58 bits per heavy atom. The number of halogens is 1. The zero-order valence-corrected chi connectivity index (χ0v) is 18.0. The maximum atomic E-state index is 13.7. The first-order chi connectivity index (χ1) is 14.9. The lowest BCUT2D eigenvalue weighted by atomic mass is 10.1. The van der Waals surface area contributed by atoms with E-state index in [0.29, 0.717) is 21.8 Å². The number of amides is 2. The van der Waals surface area contributed by atoms with E-state index < -0.39 is 16.8 Å². The normalized spacial score (nSPS) is 16.1. The molecule has 2 atom stereocenters. The summed E-state index contributed by atoms with van der Waals surface area (Å²) in [5.74, 6) is -0.921. The van der Waals surface area contributed by atoms with E-state index >= 15 is 0 Å². The van der Waals surface area contributed by atoms with Crippen LogP contribution in [0.1, 0.15) is 17.3 Å². The Balaban J connectivity index is 1.43. The maximum absolute atomic E-state index is 13.7. The number of carbonyl (C=O) groups excluding carboxylic acids is 2. The van der Waals surface area contributed by atoms with Gasteiger partial charge in [0.15, 0.2) is 0 Å². The Hall–Kier alpha value is -3.17. The number of fused-ring (bicyclic) bond motifs is 1. The summed E-state index contributed by atoms with van der Waals surface area (Å²) in [7, 11) is -1.65. The van der Waals surface area contributed by atoms with Crippen molar-refractivity contribution < 1.29 is 18.2 Å². The fourth-order valence-electron chi connectivity index (χ4n) is 2.92. The molecular weight excluding hydrogens is 437 g/mol. The summed E-state index contributed by atoms with van der Waals surface area (Å²) in [6.45, 7) is 1.83. The molecule has 0 radical (unpaired) electrons. The molecule has 2 amide bonds. The minimum atomic E-state index is -1.65. The van der Waals surface area contributed by atoms with Gasteiger partial charge < -0.3 is 10.6 Å². The minimum Gasteiger partial charge on any atom is -0.324 e. The first kappa shape index (κ1) is 21.1. The van der Waals surface area contributed by atoms with Crippen LogP contribution in [0, 0.1) is 5.82 Å². The van der Waals surface area contributed by atoms with Crippen molar-refractivity contribution in [1.82, 2.24) is 0 Å². The van der Waals surface area contributed by atoms with Crippen LogP contribution in [0.15, 0.2) is 76.5 Å². The molecule has 0 aromatic heterocycles. The molecule has 1 heterocycles. The molecule has 9 heteroatoms. The van der Waals surface area contributed by atoms with E-state index in [2.05, 4.69) is 15.4 Å². The third-order valence-electron chi connectivity index (χ3n) is 4.58. The van der Waals surface area contributed by atoms with Gasteiger partial charge >= 0.3 is 0 Å². The average Bonchev–Trinajstić information content (AvgIpc) is 2.76. The first-order valence-electron chi connectivity index (χ1n) is 9.36. The lowest BCUT2D eigenvalue weighted by molar-refractivity contribution is -0.115. The van der Waals surface area contributed by atoms with Crippen molar-refractivity contribution in [2.75, 3.05) is 15.4 Å². The Kier molecular flexibility index (Phi) is 6.06. The predicted molar refractivity (Wildman–Crippen MR) is 121 cm³/mol. The first-order valence-corrected chi connectivity index (χ1v) is 11.4. The van der Waals surface area contributed by atoms with Gasteiger partial charge in [-0.25, -0.2) is 8.60 Å². The molecule has 0 fully saturated rings. The molecule has 0 saturated heterocycles. The van der Waals surface area contributed by atoms with E-state index in [0.717, 1.165) is 4.90 Å². The van der Waals surface area contributed by atoms with E-state index in [1.165, 1.54) is 23.9 Å². The lowest BCUT2D eigenvalue weighted by Crippen LogP contribution is -2.26. The highest BCUT2D eigenvalue weighted by molar-refractivity contribution is 8.01. The monoisotopic (exact) mass is 455 g/mol. The number of thioether (sulfide) groups is 1. The SMILES string of the molecule is C[C@H]1Sc2ccc(C(=O)Nc3ccc(S(=O)Nc4ccccc4F)cc3)cc2NC1=O. The van der Waals surface area contributed by atoms with Crippen molar-refractivity contribution in [2.24, 2.45) is 0 Å². The minimum absolute atomic E-state index is 0.0948. The third kappa shape index (κ3) is 4.78. The molecule has 0 bridgehead atoms. The molecular formula is C22H18FN3O3S2. The molecule has 1 unspecified atom stereocenters. The van der Waals surface area contributed by atoms with Crippen molar-refractivity contribution in [3.05, 3.63) is 78.1 Å². The van der Waals surface area contributed by atoms with Gasteiger partial charge in [0, 0.05) is 16.1 Å². The van der Waals surface area contributed by atoms with Crippen molar-refractivity contribution in [1.29, 1.82) is 0 Å². The zero-order chi connectivity index (χ0) is 22.0. The van der Waals surface area contributed by atoms with Crippen molar-refractivity contribution in [2.45, 2.75) is 22.0 Å². The summed E-state index contributed by atoms with van der Waals surface area (Å²) in [4.78, 5) is 25.8. The Bertz CT molecular complexity index is 1180. The molecule has 3 N–H and O–H groups in total. The van der Waals surface area contributed by atoms with Crippen molar-refractivity contribution in [3.8, 4) is 0 Å². The Labute approximate surface area is 185 Å². The number of hydrogen-bond acceptors (Lipinski definition) is 4. The van der Waals surface area contributed by atoms with Crippen LogP contribution in [0.2, 0.25) is 0 Å². The van der Waals surface area contributed by atoms with Gasteiger partial charge in [-0.1, -0.05) is 12.1 Å². The second-order valence-electron chi connectivity index (χ2n) is 6.79. The van der Waals surface area contributed by atoms with E-state index in [4.69, 9.17) is 0 Å². The lowest BCUT2D eigenvalue weighted by Gasteiger charge is -2.21. The van der Waals surface area contributed by atoms with Crippen LogP contribution in [0.4, 0.5) is 21.5 Å². The van der Waals surface area contributed by atoms with Gasteiger partial charge in [-0.2, -0.15) is 0 Å². The maximum Gasteiger partial charge on any atom is 0.255 e. The highest BCUT2D eigenvalue weighted by Crippen LogP contribution is 2.36. The summed E-state index contributed by atoms with van der Waals surface area (Å²) >= 11 is 1.45. The van der Waals surface area contributed by atoms with Crippen molar-refractivity contribution >= 4 is 51.6 Å². The fourth-order valence-corrected chi connectivity index (χ4v) is 4.71. The molecule has 0 saturated carbocycles. The molecule has 4 rings (SSSR count). The van der Waals surface area contributed by atoms with Crippen LogP contribution in [0.5, 0.6) is 0 Å². The van der Waals surface area contributed by atoms with Crippen LogP contribution < -0.4 is 15.4 Å². The molecule has 6 nitrogen and oxygen atoms in total. The predicted octanol–water partition coefficient (Wildman–Crippen LogP) is 4.65.